The summed E-state index contributed by atoms with van der Waals surface area (Å²) in [5.41, 5.74) is -0.326. The third-order valence-electron chi connectivity index (χ3n) is 8.51. The molecule has 4 bridgehead atoms. The van der Waals surface area contributed by atoms with Crippen molar-refractivity contribution in [2.24, 2.45) is 23.2 Å². The van der Waals surface area contributed by atoms with Gasteiger partial charge in [0, 0.05) is 33.1 Å². The zero-order valence-corrected chi connectivity index (χ0v) is 24.4. The summed E-state index contributed by atoms with van der Waals surface area (Å²) in [4.78, 5) is 66.4. The number of hydrogen-bond donors (Lipinski definition) is 1. The van der Waals surface area contributed by atoms with E-state index in [0.717, 1.165) is 33.1 Å². The summed E-state index contributed by atoms with van der Waals surface area (Å²) in [7, 11) is 0. The first-order valence-electron chi connectivity index (χ1n) is 14.0. The molecule has 0 aromatic carbocycles. The standard InChI is InChI=1S/C28H36N2O10S/c1-13(31)36-12-20-22(37-14(2)32)23(38-15(3)33)24(39-16(4)34)26(40-20)30-27-29-11-21(41-27)25(35)28-8-17-5-18(9-28)7-19(6-17)10-28/h11,17-20,22-24,26H,5-10,12H2,1-4H3,(H,29,30)/t17?,18?,19?,20-,22-,23+,24+,26+,28?/m1/s1. The summed E-state index contributed by atoms with van der Waals surface area (Å²) in [6.45, 7) is 4.39. The van der Waals surface area contributed by atoms with Crippen molar-refractivity contribution in [1.29, 1.82) is 0 Å². The summed E-state index contributed by atoms with van der Waals surface area (Å²) in [5, 5.41) is 3.40. The van der Waals surface area contributed by atoms with Gasteiger partial charge in [-0.05, 0) is 56.3 Å². The molecule has 1 N–H and O–H groups in total. The number of carbonyl (C=O) groups is 5. The Morgan fingerprint density at radius 3 is 1.93 bits per heavy atom. The smallest absolute Gasteiger partial charge is 0.303 e. The topological polar surface area (TPSA) is 156 Å². The molecular formula is C28H36N2O10S. The Balaban J connectivity index is 1.39. The monoisotopic (exact) mass is 592 g/mol. The number of aromatic nitrogens is 1. The van der Waals surface area contributed by atoms with Gasteiger partial charge in [-0.2, -0.15) is 0 Å². The molecule has 0 spiro atoms. The Bertz CT molecular complexity index is 1180. The highest BCUT2D eigenvalue weighted by Gasteiger charge is 2.55. The molecule has 13 heteroatoms. The molecule has 5 fully saturated rings. The molecular weight excluding hydrogens is 556 g/mol. The lowest BCUT2D eigenvalue weighted by Crippen LogP contribution is -2.64. The number of nitrogens with zero attached hydrogens (tertiary/aromatic N) is 1. The molecule has 6 rings (SSSR count). The number of anilines is 1. The van der Waals surface area contributed by atoms with Crippen LogP contribution in [0, 0.1) is 23.2 Å². The van der Waals surface area contributed by atoms with E-state index in [1.54, 1.807) is 6.20 Å². The normalized spacial score (nSPS) is 35.3. The van der Waals surface area contributed by atoms with Gasteiger partial charge in [0.05, 0.1) is 11.1 Å². The third-order valence-corrected chi connectivity index (χ3v) is 9.43. The average molecular weight is 593 g/mol. The Morgan fingerprint density at radius 2 is 1.39 bits per heavy atom. The van der Waals surface area contributed by atoms with E-state index in [9.17, 15) is 24.0 Å². The molecule has 41 heavy (non-hydrogen) atoms. The van der Waals surface area contributed by atoms with Gasteiger partial charge >= 0.3 is 23.9 Å². The third kappa shape index (κ3) is 6.40. The minimum absolute atomic E-state index is 0.128. The molecule has 4 aliphatic carbocycles. The largest absolute Gasteiger partial charge is 0.463 e. The van der Waals surface area contributed by atoms with Crippen molar-refractivity contribution in [3.63, 3.8) is 0 Å². The van der Waals surface area contributed by atoms with Gasteiger partial charge in [0.1, 0.15) is 12.7 Å². The van der Waals surface area contributed by atoms with Crippen LogP contribution in [0.4, 0.5) is 5.13 Å². The molecule has 1 aliphatic heterocycles. The number of hydrogen-bond acceptors (Lipinski definition) is 13. The molecule has 5 aliphatic rings. The average Bonchev–Trinajstić information content (AvgIpc) is 3.32. The second-order valence-corrected chi connectivity index (χ2v) is 12.9. The molecule has 1 aromatic rings. The predicted octanol–water partition coefficient (Wildman–Crippen LogP) is 3.04. The van der Waals surface area contributed by atoms with Gasteiger partial charge < -0.3 is 29.0 Å². The quantitative estimate of drug-likeness (QED) is 0.254. The lowest BCUT2D eigenvalue weighted by Gasteiger charge is -2.55. The van der Waals surface area contributed by atoms with E-state index in [-0.39, 0.29) is 17.8 Å². The lowest BCUT2D eigenvalue weighted by atomic mass is 9.48. The Kier molecular flexibility index (Phi) is 8.38. The van der Waals surface area contributed by atoms with Gasteiger partial charge in [0.2, 0.25) is 0 Å². The fourth-order valence-electron chi connectivity index (χ4n) is 7.56. The van der Waals surface area contributed by atoms with Crippen molar-refractivity contribution in [3.8, 4) is 0 Å². The van der Waals surface area contributed by atoms with Crippen LogP contribution in [-0.4, -0.2) is 71.9 Å². The van der Waals surface area contributed by atoms with Gasteiger partial charge in [-0.25, -0.2) is 4.98 Å². The number of ether oxygens (including phenoxy) is 5. The first kappa shape index (κ1) is 29.4. The van der Waals surface area contributed by atoms with Crippen LogP contribution in [0.3, 0.4) is 0 Å². The molecule has 1 aromatic heterocycles. The summed E-state index contributed by atoms with van der Waals surface area (Å²) in [5.74, 6) is -0.727. The van der Waals surface area contributed by atoms with Crippen LogP contribution < -0.4 is 5.32 Å². The van der Waals surface area contributed by atoms with E-state index in [0.29, 0.717) is 27.8 Å². The number of ketones is 1. The van der Waals surface area contributed by atoms with E-state index in [1.807, 2.05) is 0 Å². The maximum atomic E-state index is 13.8. The van der Waals surface area contributed by atoms with Crippen molar-refractivity contribution in [1.82, 2.24) is 4.98 Å². The first-order chi connectivity index (χ1) is 19.4. The maximum Gasteiger partial charge on any atom is 0.303 e. The van der Waals surface area contributed by atoms with Crippen LogP contribution in [0.15, 0.2) is 6.20 Å². The molecule has 224 valence electrons. The van der Waals surface area contributed by atoms with Crippen LogP contribution in [0.5, 0.6) is 0 Å². The molecule has 0 unspecified atom stereocenters. The second kappa shape index (κ2) is 11.7. The minimum Gasteiger partial charge on any atom is -0.463 e. The number of rotatable bonds is 9. The summed E-state index contributed by atoms with van der Waals surface area (Å²) < 4.78 is 27.6. The van der Waals surface area contributed by atoms with Crippen LogP contribution >= 0.6 is 11.3 Å². The van der Waals surface area contributed by atoms with Crippen LogP contribution in [0.2, 0.25) is 0 Å². The number of nitrogens with one attached hydrogen (secondary N) is 1. The highest BCUT2D eigenvalue weighted by Crippen LogP contribution is 2.61. The molecule has 12 nitrogen and oxygen atoms in total. The van der Waals surface area contributed by atoms with Gasteiger partial charge in [-0.3, -0.25) is 24.0 Å². The Hall–Kier alpha value is -3.06. The van der Waals surface area contributed by atoms with Crippen molar-refractivity contribution >= 4 is 46.1 Å². The van der Waals surface area contributed by atoms with Gasteiger partial charge in [0.25, 0.3) is 0 Å². The van der Waals surface area contributed by atoms with Crippen molar-refractivity contribution < 1.29 is 47.7 Å². The second-order valence-electron chi connectivity index (χ2n) is 11.8. The van der Waals surface area contributed by atoms with E-state index in [4.69, 9.17) is 23.7 Å². The van der Waals surface area contributed by atoms with E-state index in [2.05, 4.69) is 10.3 Å². The zero-order valence-electron chi connectivity index (χ0n) is 23.6. The molecule has 4 saturated carbocycles. The summed E-state index contributed by atoms with van der Waals surface area (Å²) in [6.07, 6.45) is 1.99. The molecule has 2 heterocycles. The first-order valence-corrected chi connectivity index (χ1v) is 14.8. The van der Waals surface area contributed by atoms with Crippen molar-refractivity contribution in [2.45, 2.75) is 96.9 Å². The SMILES string of the molecule is CC(=O)OC[C@H]1O[C@H](Nc2ncc(C(=O)C34CC5CC(CC(C5)C3)C4)s2)[C@@H](OC(C)=O)[C@@H](OC(C)=O)[C@@H]1OC(C)=O. The van der Waals surface area contributed by atoms with E-state index >= 15 is 0 Å². The van der Waals surface area contributed by atoms with Crippen molar-refractivity contribution in [3.05, 3.63) is 11.1 Å². The Morgan fingerprint density at radius 1 is 0.854 bits per heavy atom. The number of carbonyl (C=O) groups excluding carboxylic acids is 5. The fraction of sp³-hybridized carbons (Fsp3) is 0.714. The molecule has 0 amide bonds. The zero-order chi connectivity index (χ0) is 29.5. The van der Waals surface area contributed by atoms with Crippen molar-refractivity contribution in [2.75, 3.05) is 11.9 Å². The summed E-state index contributed by atoms with van der Waals surface area (Å²) in [6, 6.07) is 0. The lowest BCUT2D eigenvalue weighted by molar-refractivity contribution is -0.247. The number of Topliss-reactive ketones (excluding diaryl/α,β-unsaturated/α-hetero) is 1. The molecule has 0 radical (unpaired) electrons. The van der Waals surface area contributed by atoms with Crippen LogP contribution in [0.1, 0.15) is 75.9 Å². The number of esters is 4. The molecule has 1 saturated heterocycles. The van der Waals surface area contributed by atoms with E-state index in [1.165, 1.54) is 44.4 Å². The van der Waals surface area contributed by atoms with Gasteiger partial charge in [-0.15, -0.1) is 0 Å². The van der Waals surface area contributed by atoms with E-state index < -0.39 is 54.5 Å². The van der Waals surface area contributed by atoms with Crippen LogP contribution in [-0.2, 0) is 42.9 Å². The molecule has 5 atom stereocenters. The number of thiazole rings is 1. The van der Waals surface area contributed by atoms with Gasteiger partial charge in [0.15, 0.2) is 35.5 Å². The summed E-state index contributed by atoms with van der Waals surface area (Å²) >= 11 is 1.18. The highest BCUT2D eigenvalue weighted by molar-refractivity contribution is 7.17. The predicted molar refractivity (Wildman–Crippen MR) is 143 cm³/mol. The minimum atomic E-state index is -1.29. The fourth-order valence-corrected chi connectivity index (χ4v) is 8.47. The van der Waals surface area contributed by atoms with Crippen LogP contribution in [0.25, 0.3) is 0 Å². The maximum absolute atomic E-state index is 13.8. The van der Waals surface area contributed by atoms with Gasteiger partial charge in [-0.1, -0.05) is 11.3 Å². The Labute approximate surface area is 241 Å². The highest BCUT2D eigenvalue weighted by atomic mass is 32.1.